The molecule has 4 heavy (non-hydrogen) atoms. The van der Waals surface area contributed by atoms with Crippen molar-refractivity contribution in [3.8, 4) is 0 Å². The van der Waals surface area contributed by atoms with Gasteiger partial charge in [-0.3, -0.25) is 0 Å². The molecular formula is N2PRh. The Kier molecular flexibility index (Phi) is 768. The number of rotatable bonds is 0. The van der Waals surface area contributed by atoms with E-state index < -0.39 is 0 Å². The van der Waals surface area contributed by atoms with E-state index in [1.165, 1.54) is 0 Å². The first-order valence-electron chi connectivity index (χ1n) is 0. The molecule has 0 aromatic carbocycles. The summed E-state index contributed by atoms with van der Waals surface area (Å²) in [5, 5.41) is 0. The van der Waals surface area contributed by atoms with Gasteiger partial charge in [0.05, 0.1) is 0 Å². The van der Waals surface area contributed by atoms with E-state index in [1.54, 1.807) is 0 Å². The van der Waals surface area contributed by atoms with Gasteiger partial charge in [-0.05, 0) is 0 Å². The van der Waals surface area contributed by atoms with E-state index >= 15 is 0 Å². The first-order valence-corrected chi connectivity index (χ1v) is 0. The largest absolute Gasteiger partial charge is 0 e. The molecule has 0 fully saturated rings. The van der Waals surface area contributed by atoms with Gasteiger partial charge in [0, 0.05) is 41.7 Å². The summed E-state index contributed by atoms with van der Waals surface area (Å²) in [6.45, 7) is 0. The number of hydrogen-bond donors (Lipinski definition) is 0. The minimum atomic E-state index is 0. The molecule has 0 rings (SSSR count). The minimum Gasteiger partial charge on any atom is 0 e. The van der Waals surface area contributed by atoms with Gasteiger partial charge < -0.3 is 0 Å². The van der Waals surface area contributed by atoms with Crippen LogP contribution in [0.1, 0.15) is 0 Å². The summed E-state index contributed by atoms with van der Waals surface area (Å²) < 4.78 is 0. The van der Waals surface area contributed by atoms with Gasteiger partial charge in [-0.1, -0.05) is 0 Å². The third-order valence-electron chi connectivity index (χ3n) is 0. The van der Waals surface area contributed by atoms with Crippen LogP contribution < -0.4 is 12.3 Å². The Morgan fingerprint density at radius 2 is 0.750 bits per heavy atom. The molecule has 0 aliphatic heterocycles. The summed E-state index contributed by atoms with van der Waals surface area (Å²) in [6, 6.07) is 0. The van der Waals surface area contributed by atoms with E-state index in [0.717, 1.165) is 0 Å². The zero-order chi connectivity index (χ0) is 0. The Hall–Kier alpha value is 0.973. The number of nitrogens with zero attached hydrogens (tertiary/aromatic N) is 2. The average Bonchev–Trinajstić information content (AvgIpc) is 0. The van der Waals surface area contributed by atoms with Crippen molar-refractivity contribution in [1.29, 1.82) is 0 Å². The molecule has 0 saturated carbocycles. The van der Waals surface area contributed by atoms with E-state index in [2.05, 4.69) is 0 Å². The maximum atomic E-state index is 0. The molecule has 4 heteroatoms. The molecular weight excluding hydrogens is 162 g/mol. The Bertz CT molecular complexity index is 6.00. The van der Waals surface area contributed by atoms with Crippen molar-refractivity contribution in [3.63, 3.8) is 0 Å². The smallest absolute Gasteiger partial charge is 0 e. The fourth-order valence-corrected chi connectivity index (χ4v) is 0. The zero-order valence-corrected chi connectivity index (χ0v) is 4.21. The van der Waals surface area contributed by atoms with E-state index in [9.17, 15) is 0 Å². The van der Waals surface area contributed by atoms with Gasteiger partial charge in [0.25, 0.3) is 0 Å². The van der Waals surface area contributed by atoms with Gasteiger partial charge in [-0.15, -0.1) is 0 Å². The van der Waals surface area contributed by atoms with Gasteiger partial charge in [-0.25, -0.2) is 0 Å². The third kappa shape index (κ3) is 12.2. The van der Waals surface area contributed by atoms with Crippen LogP contribution >= 0.6 is 9.90 Å². The van der Waals surface area contributed by atoms with Crippen molar-refractivity contribution in [2.45, 2.75) is 0 Å². The quantitative estimate of drug-likeness (QED) is 0.352. The molecule has 0 saturated heterocycles. The van der Waals surface area contributed by atoms with E-state index in [0.29, 0.717) is 0 Å². The SMILES string of the molecule is [N].[N].[P].[Rh]. The standard InChI is InChI=1S/2N.P.Rh. The fraction of sp³-hybridized carbons (Fsp3) is 0. The second kappa shape index (κ2) is 37.1. The normalized spacial score (nSPS) is 0. The molecule has 0 unspecified atom stereocenters. The van der Waals surface area contributed by atoms with Gasteiger partial charge in [-0.2, -0.15) is 0 Å². The van der Waals surface area contributed by atoms with Crippen molar-refractivity contribution < 1.29 is 19.5 Å². The molecule has 0 aromatic heterocycles. The van der Waals surface area contributed by atoms with E-state index in [4.69, 9.17) is 0 Å². The van der Waals surface area contributed by atoms with E-state index in [1.807, 2.05) is 0 Å². The molecule has 0 N–H and O–H groups in total. The molecule has 2 nitrogen and oxygen atoms in total. The predicted octanol–water partition coefficient (Wildman–Crippen LogP) is -0.103. The third-order valence-corrected chi connectivity index (χ3v) is 0. The maximum Gasteiger partial charge on any atom is 0 e. The molecule has 0 aliphatic rings. The summed E-state index contributed by atoms with van der Waals surface area (Å²) in [6.07, 6.45) is 0. The minimum absolute atomic E-state index is 0. The van der Waals surface area contributed by atoms with Crippen LogP contribution in [0, 0.1) is 0 Å². The Morgan fingerprint density at radius 3 is 0.750 bits per heavy atom. The molecule has 0 aliphatic carbocycles. The Morgan fingerprint density at radius 1 is 0.750 bits per heavy atom. The van der Waals surface area contributed by atoms with Crippen LogP contribution in [0.15, 0.2) is 0 Å². The molecule has 0 atom stereocenters. The van der Waals surface area contributed by atoms with Crippen molar-refractivity contribution in [2.24, 2.45) is 0 Å². The Labute approximate surface area is 42.3 Å². The summed E-state index contributed by atoms with van der Waals surface area (Å²) in [4.78, 5) is 0. The number of hydrogen-bond acceptors (Lipinski definition) is 0. The average molecular weight is 162 g/mol. The van der Waals surface area contributed by atoms with Crippen LogP contribution in [0.3, 0.4) is 0 Å². The molecule has 10 radical (unpaired) electrons. The molecule has 24 valence electrons. The maximum absolute atomic E-state index is 0. The van der Waals surface area contributed by atoms with Crippen LogP contribution in [-0.2, 0) is 19.5 Å². The second-order valence-corrected chi connectivity index (χ2v) is 0. The summed E-state index contributed by atoms with van der Waals surface area (Å²) in [7, 11) is 0. The van der Waals surface area contributed by atoms with Crippen LogP contribution in [0.4, 0.5) is 0 Å². The second-order valence-electron chi connectivity index (χ2n) is 0. The van der Waals surface area contributed by atoms with Crippen molar-refractivity contribution in [2.75, 3.05) is 0 Å². The van der Waals surface area contributed by atoms with Gasteiger partial charge in [0.15, 0.2) is 0 Å². The predicted molar refractivity (Wildman–Crippen MR) is 11.2 cm³/mol. The van der Waals surface area contributed by atoms with Crippen molar-refractivity contribution in [3.05, 3.63) is 0 Å². The molecule has 0 heterocycles. The molecule has 0 amide bonds. The van der Waals surface area contributed by atoms with E-state index in [-0.39, 0.29) is 41.7 Å². The summed E-state index contributed by atoms with van der Waals surface area (Å²) in [5.74, 6) is 0. The molecule has 0 bridgehead atoms. The first kappa shape index (κ1) is 82.9. The fourth-order valence-electron chi connectivity index (χ4n) is 0. The summed E-state index contributed by atoms with van der Waals surface area (Å²) >= 11 is 0. The van der Waals surface area contributed by atoms with Crippen LogP contribution in [-0.4, -0.2) is 0 Å². The molecule has 0 spiro atoms. The van der Waals surface area contributed by atoms with Gasteiger partial charge in [0.1, 0.15) is 0 Å². The van der Waals surface area contributed by atoms with Crippen molar-refractivity contribution >= 4 is 9.90 Å². The van der Waals surface area contributed by atoms with Crippen LogP contribution in [0.5, 0.6) is 0 Å². The topological polar surface area (TPSA) is 61.0 Å². The zero-order valence-electron chi connectivity index (χ0n) is 1.67. The molecule has 0 aromatic rings. The summed E-state index contributed by atoms with van der Waals surface area (Å²) in [5.41, 5.74) is 0. The van der Waals surface area contributed by atoms with Crippen molar-refractivity contribution in [1.82, 2.24) is 12.3 Å². The van der Waals surface area contributed by atoms with Crippen LogP contribution in [0.25, 0.3) is 0 Å². The monoisotopic (exact) mass is 162 g/mol. The van der Waals surface area contributed by atoms with Gasteiger partial charge in [0.2, 0.25) is 0 Å². The van der Waals surface area contributed by atoms with Crippen LogP contribution in [0.2, 0.25) is 0 Å². The first-order chi connectivity index (χ1) is 0. The Balaban J connectivity index is 0. The van der Waals surface area contributed by atoms with Gasteiger partial charge >= 0.3 is 0 Å².